The number of carbonyl (C=O) groups is 1. The van der Waals surface area contributed by atoms with Gasteiger partial charge in [0.25, 0.3) is 0 Å². The quantitative estimate of drug-likeness (QED) is 0.737. The molecule has 2 heterocycles. The summed E-state index contributed by atoms with van der Waals surface area (Å²) < 4.78 is 0. The van der Waals surface area contributed by atoms with E-state index in [1.165, 1.54) is 13.0 Å². The lowest BCUT2D eigenvalue weighted by Crippen LogP contribution is -2.46. The van der Waals surface area contributed by atoms with Crippen LogP contribution in [0.1, 0.15) is 23.7 Å². The molecule has 0 bridgehead atoms. The number of nitrogens with zero attached hydrogens (tertiary/aromatic N) is 3. The maximum absolute atomic E-state index is 10.5. The van der Waals surface area contributed by atoms with Crippen LogP contribution in [0.3, 0.4) is 0 Å². The molecule has 4 nitrogen and oxygen atoms in total. The van der Waals surface area contributed by atoms with E-state index in [0.29, 0.717) is 5.56 Å². The summed E-state index contributed by atoms with van der Waals surface area (Å²) in [6.07, 6.45) is 3.68. The number of hydrogen-bond acceptors (Lipinski definition) is 4. The van der Waals surface area contributed by atoms with Crippen LogP contribution in [0, 0.1) is 0 Å². The van der Waals surface area contributed by atoms with Crippen LogP contribution in [0.25, 0.3) is 0 Å². The zero-order valence-corrected chi connectivity index (χ0v) is 10.3. The third kappa shape index (κ3) is 3.03. The Kier molecular flexibility index (Phi) is 4.09. The van der Waals surface area contributed by atoms with Crippen molar-refractivity contribution in [1.82, 2.24) is 9.88 Å². The molecule has 0 saturated carbocycles. The van der Waals surface area contributed by atoms with Gasteiger partial charge in [-0.05, 0) is 25.1 Å². The van der Waals surface area contributed by atoms with Crippen molar-refractivity contribution in [3.63, 3.8) is 0 Å². The Labute approximate surface area is 102 Å². The molecule has 0 aliphatic carbocycles. The van der Waals surface area contributed by atoms with E-state index in [1.807, 2.05) is 12.1 Å². The normalized spacial score (nSPS) is 17.1. The summed E-state index contributed by atoms with van der Waals surface area (Å²) in [5, 5.41) is 0. The van der Waals surface area contributed by atoms with Gasteiger partial charge in [0.05, 0.1) is 0 Å². The molecule has 4 heteroatoms. The van der Waals surface area contributed by atoms with Crippen LogP contribution < -0.4 is 4.90 Å². The highest BCUT2D eigenvalue weighted by Gasteiger charge is 2.16. The second-order valence-electron chi connectivity index (χ2n) is 4.40. The van der Waals surface area contributed by atoms with Gasteiger partial charge in [0, 0.05) is 37.9 Å². The first-order valence-corrected chi connectivity index (χ1v) is 6.22. The summed E-state index contributed by atoms with van der Waals surface area (Å²) in [5.41, 5.74) is 0.637. The van der Waals surface area contributed by atoms with Gasteiger partial charge in [-0.3, -0.25) is 9.69 Å². The molecular weight excluding hydrogens is 214 g/mol. The van der Waals surface area contributed by atoms with Gasteiger partial charge in [0.1, 0.15) is 5.82 Å². The third-order valence-electron chi connectivity index (χ3n) is 3.14. The Bertz CT molecular complexity index is 355. The second kappa shape index (κ2) is 5.77. The predicted molar refractivity (Wildman–Crippen MR) is 68.6 cm³/mol. The van der Waals surface area contributed by atoms with E-state index in [2.05, 4.69) is 21.7 Å². The summed E-state index contributed by atoms with van der Waals surface area (Å²) >= 11 is 0. The van der Waals surface area contributed by atoms with E-state index in [9.17, 15) is 4.79 Å². The average Bonchev–Trinajstić information content (AvgIpc) is 2.40. The highest BCUT2D eigenvalue weighted by atomic mass is 16.1. The minimum Gasteiger partial charge on any atom is -0.354 e. The number of aromatic nitrogens is 1. The zero-order chi connectivity index (χ0) is 12.1. The molecule has 0 radical (unpaired) electrons. The number of pyridine rings is 1. The number of aldehydes is 1. The maximum atomic E-state index is 10.5. The van der Waals surface area contributed by atoms with E-state index >= 15 is 0 Å². The molecule has 92 valence electrons. The lowest BCUT2D eigenvalue weighted by atomic mass is 10.2. The summed E-state index contributed by atoms with van der Waals surface area (Å²) in [5.74, 6) is 0.978. The zero-order valence-electron chi connectivity index (χ0n) is 10.3. The van der Waals surface area contributed by atoms with Crippen molar-refractivity contribution in [2.24, 2.45) is 0 Å². The molecule has 1 aliphatic rings. The Morgan fingerprint density at radius 3 is 2.59 bits per heavy atom. The molecule has 17 heavy (non-hydrogen) atoms. The van der Waals surface area contributed by atoms with Crippen molar-refractivity contribution in [2.75, 3.05) is 37.6 Å². The lowest BCUT2D eigenvalue weighted by molar-refractivity contribution is 0.112. The predicted octanol–water partition coefficient (Wildman–Crippen LogP) is 1.43. The van der Waals surface area contributed by atoms with Gasteiger partial charge >= 0.3 is 0 Å². The maximum Gasteiger partial charge on any atom is 0.151 e. The van der Waals surface area contributed by atoms with Crippen LogP contribution in [0.4, 0.5) is 5.82 Å². The fourth-order valence-corrected chi connectivity index (χ4v) is 2.17. The first kappa shape index (κ1) is 12.0. The van der Waals surface area contributed by atoms with E-state index in [1.54, 1.807) is 6.20 Å². The summed E-state index contributed by atoms with van der Waals surface area (Å²) in [6.45, 7) is 7.65. The third-order valence-corrected chi connectivity index (χ3v) is 3.14. The van der Waals surface area contributed by atoms with Crippen LogP contribution in [-0.4, -0.2) is 48.9 Å². The van der Waals surface area contributed by atoms with Crippen LogP contribution in [0.15, 0.2) is 18.3 Å². The minimum atomic E-state index is 0.637. The van der Waals surface area contributed by atoms with E-state index in [4.69, 9.17) is 0 Å². The standard InChI is InChI=1S/C13H19N3O/c1-2-5-15-6-8-16(9-7-15)13-4-3-12(11-17)10-14-13/h3-4,10-11H,2,5-9H2,1H3. The van der Waals surface area contributed by atoms with Gasteiger partial charge in [-0.15, -0.1) is 0 Å². The Balaban J connectivity index is 1.93. The van der Waals surface area contributed by atoms with Gasteiger partial charge in [-0.25, -0.2) is 4.98 Å². The van der Waals surface area contributed by atoms with Gasteiger partial charge in [0.15, 0.2) is 6.29 Å². The fraction of sp³-hybridized carbons (Fsp3) is 0.538. The highest BCUT2D eigenvalue weighted by Crippen LogP contribution is 2.13. The summed E-state index contributed by atoms with van der Waals surface area (Å²) in [7, 11) is 0. The number of anilines is 1. The molecule has 0 aromatic carbocycles. The molecule has 1 aliphatic heterocycles. The van der Waals surface area contributed by atoms with Crippen molar-refractivity contribution in [3.8, 4) is 0 Å². The first-order chi connectivity index (χ1) is 8.33. The van der Waals surface area contributed by atoms with Crippen molar-refractivity contribution in [2.45, 2.75) is 13.3 Å². The van der Waals surface area contributed by atoms with Gasteiger partial charge in [-0.2, -0.15) is 0 Å². The minimum absolute atomic E-state index is 0.637. The van der Waals surface area contributed by atoms with Crippen LogP contribution >= 0.6 is 0 Å². The SMILES string of the molecule is CCCN1CCN(c2ccc(C=O)cn2)CC1. The Morgan fingerprint density at radius 2 is 2.06 bits per heavy atom. The number of rotatable bonds is 4. The van der Waals surface area contributed by atoms with Crippen LogP contribution in [0.5, 0.6) is 0 Å². The lowest BCUT2D eigenvalue weighted by Gasteiger charge is -2.35. The molecule has 0 amide bonds. The van der Waals surface area contributed by atoms with Crippen molar-refractivity contribution in [3.05, 3.63) is 23.9 Å². The molecule has 1 fully saturated rings. The topological polar surface area (TPSA) is 36.4 Å². The van der Waals surface area contributed by atoms with Crippen molar-refractivity contribution in [1.29, 1.82) is 0 Å². The molecule has 1 aromatic heterocycles. The Hall–Kier alpha value is -1.42. The molecule has 0 unspecified atom stereocenters. The van der Waals surface area contributed by atoms with Crippen molar-refractivity contribution >= 4 is 12.1 Å². The molecule has 0 spiro atoms. The molecule has 0 atom stereocenters. The molecule has 1 saturated heterocycles. The van der Waals surface area contributed by atoms with E-state index in [-0.39, 0.29) is 0 Å². The van der Waals surface area contributed by atoms with E-state index < -0.39 is 0 Å². The fourth-order valence-electron chi connectivity index (χ4n) is 2.17. The number of piperazine rings is 1. The van der Waals surface area contributed by atoms with Crippen molar-refractivity contribution < 1.29 is 4.79 Å². The van der Waals surface area contributed by atoms with Crippen LogP contribution in [-0.2, 0) is 0 Å². The summed E-state index contributed by atoms with van der Waals surface area (Å²) in [4.78, 5) is 19.6. The molecule has 0 N–H and O–H groups in total. The molecule has 1 aromatic rings. The molecule has 2 rings (SSSR count). The number of carbonyl (C=O) groups excluding carboxylic acids is 1. The highest BCUT2D eigenvalue weighted by molar-refractivity contribution is 5.74. The smallest absolute Gasteiger partial charge is 0.151 e. The number of hydrogen-bond donors (Lipinski definition) is 0. The van der Waals surface area contributed by atoms with E-state index in [0.717, 1.165) is 38.3 Å². The summed E-state index contributed by atoms with van der Waals surface area (Å²) in [6, 6.07) is 3.76. The van der Waals surface area contributed by atoms with Gasteiger partial charge in [-0.1, -0.05) is 6.92 Å². The monoisotopic (exact) mass is 233 g/mol. The van der Waals surface area contributed by atoms with Gasteiger partial charge < -0.3 is 4.90 Å². The van der Waals surface area contributed by atoms with Crippen LogP contribution in [0.2, 0.25) is 0 Å². The molecular formula is C13H19N3O. The second-order valence-corrected chi connectivity index (χ2v) is 4.40. The Morgan fingerprint density at radius 1 is 1.29 bits per heavy atom. The first-order valence-electron chi connectivity index (χ1n) is 6.22. The van der Waals surface area contributed by atoms with Gasteiger partial charge in [0.2, 0.25) is 0 Å². The largest absolute Gasteiger partial charge is 0.354 e. The average molecular weight is 233 g/mol.